The van der Waals surface area contributed by atoms with Gasteiger partial charge in [-0.1, -0.05) is 12.1 Å². The summed E-state index contributed by atoms with van der Waals surface area (Å²) in [5.74, 6) is 0.858. The number of nitrogens with zero attached hydrogens (tertiary/aromatic N) is 2. The van der Waals surface area contributed by atoms with E-state index in [-0.39, 0.29) is 6.04 Å². The van der Waals surface area contributed by atoms with Gasteiger partial charge in [-0.25, -0.2) is 0 Å². The van der Waals surface area contributed by atoms with Gasteiger partial charge in [0.1, 0.15) is 5.75 Å². The summed E-state index contributed by atoms with van der Waals surface area (Å²) < 4.78 is 5.38. The minimum Gasteiger partial charge on any atom is -0.494 e. The third kappa shape index (κ3) is 2.79. The molecule has 1 unspecified atom stereocenters. The fourth-order valence-corrected chi connectivity index (χ4v) is 1.62. The van der Waals surface area contributed by atoms with E-state index in [0.29, 0.717) is 6.61 Å². The molecule has 1 aromatic heterocycles. The third-order valence-corrected chi connectivity index (χ3v) is 2.52. The van der Waals surface area contributed by atoms with Crippen LogP contribution in [0.25, 0.3) is 0 Å². The van der Waals surface area contributed by atoms with Crippen molar-refractivity contribution in [1.29, 1.82) is 0 Å². The van der Waals surface area contributed by atoms with Crippen molar-refractivity contribution in [2.75, 3.05) is 6.61 Å². The first-order valence-corrected chi connectivity index (χ1v) is 5.56. The fourth-order valence-electron chi connectivity index (χ4n) is 1.62. The van der Waals surface area contributed by atoms with Crippen molar-refractivity contribution in [3.8, 4) is 5.75 Å². The number of hydrogen-bond donors (Lipinski definition) is 1. The van der Waals surface area contributed by atoms with Crippen LogP contribution in [0.5, 0.6) is 5.75 Å². The lowest BCUT2D eigenvalue weighted by atomic mass is 10.0. The average molecular weight is 229 g/mol. The maximum absolute atomic E-state index is 6.13. The molecule has 0 radical (unpaired) electrons. The average Bonchev–Trinajstić information content (AvgIpc) is 2.40. The second kappa shape index (κ2) is 5.41. The maximum atomic E-state index is 6.13. The quantitative estimate of drug-likeness (QED) is 0.870. The first kappa shape index (κ1) is 11.5. The molecule has 0 fully saturated rings. The van der Waals surface area contributed by atoms with Crippen molar-refractivity contribution < 1.29 is 4.74 Å². The number of ether oxygens (including phenoxy) is 1. The Kier molecular flexibility index (Phi) is 3.67. The Hall–Kier alpha value is -1.94. The van der Waals surface area contributed by atoms with Crippen LogP contribution in [0.3, 0.4) is 0 Å². The molecule has 4 nitrogen and oxygen atoms in total. The van der Waals surface area contributed by atoms with Gasteiger partial charge in [0.25, 0.3) is 0 Å². The van der Waals surface area contributed by atoms with E-state index in [1.807, 2.05) is 37.3 Å². The van der Waals surface area contributed by atoms with Gasteiger partial charge in [-0.05, 0) is 36.2 Å². The fraction of sp³-hybridized carbons (Fsp3) is 0.231. The minimum absolute atomic E-state index is 0.179. The molecule has 2 N–H and O–H groups in total. The molecule has 2 rings (SSSR count). The van der Waals surface area contributed by atoms with Crippen LogP contribution in [0.2, 0.25) is 0 Å². The summed E-state index contributed by atoms with van der Waals surface area (Å²) >= 11 is 0. The van der Waals surface area contributed by atoms with E-state index in [9.17, 15) is 0 Å². The molecule has 0 saturated heterocycles. The molecule has 0 aliphatic carbocycles. The first-order valence-electron chi connectivity index (χ1n) is 5.56. The lowest BCUT2D eigenvalue weighted by molar-refractivity contribution is 0.340. The van der Waals surface area contributed by atoms with E-state index in [2.05, 4.69) is 10.2 Å². The van der Waals surface area contributed by atoms with Crippen LogP contribution in [-0.4, -0.2) is 16.8 Å². The van der Waals surface area contributed by atoms with E-state index in [1.54, 1.807) is 12.4 Å². The summed E-state index contributed by atoms with van der Waals surface area (Å²) in [7, 11) is 0. The zero-order valence-electron chi connectivity index (χ0n) is 9.71. The monoisotopic (exact) mass is 229 g/mol. The van der Waals surface area contributed by atoms with Gasteiger partial charge in [0.15, 0.2) is 0 Å². The topological polar surface area (TPSA) is 61.0 Å². The van der Waals surface area contributed by atoms with Crippen LogP contribution in [0.1, 0.15) is 24.1 Å². The number of aromatic nitrogens is 2. The van der Waals surface area contributed by atoms with Crippen LogP contribution >= 0.6 is 0 Å². The van der Waals surface area contributed by atoms with Crippen molar-refractivity contribution >= 4 is 0 Å². The molecule has 2 aromatic rings. The Morgan fingerprint density at radius 1 is 1.12 bits per heavy atom. The van der Waals surface area contributed by atoms with Crippen molar-refractivity contribution in [3.05, 3.63) is 53.9 Å². The normalized spacial score (nSPS) is 12.1. The standard InChI is InChI=1S/C13H15N3O/c1-2-17-12-5-3-10(4-6-12)13(14)11-7-8-15-16-9-11/h3-9,13H,2,14H2,1H3. The predicted molar refractivity (Wildman–Crippen MR) is 65.7 cm³/mol. The molecule has 0 amide bonds. The SMILES string of the molecule is CCOc1ccc(C(N)c2ccnnc2)cc1. The molecule has 0 aliphatic rings. The van der Waals surface area contributed by atoms with Gasteiger partial charge in [0.05, 0.1) is 18.8 Å². The van der Waals surface area contributed by atoms with E-state index in [1.165, 1.54) is 0 Å². The number of nitrogens with two attached hydrogens (primary N) is 1. The summed E-state index contributed by atoms with van der Waals surface area (Å²) in [6.07, 6.45) is 3.32. The van der Waals surface area contributed by atoms with Crippen molar-refractivity contribution in [2.24, 2.45) is 5.73 Å². The molecule has 4 heteroatoms. The Labute approximate surface area is 100 Å². The molecular formula is C13H15N3O. The lowest BCUT2D eigenvalue weighted by Crippen LogP contribution is -2.12. The number of hydrogen-bond acceptors (Lipinski definition) is 4. The van der Waals surface area contributed by atoms with Gasteiger partial charge in [0.2, 0.25) is 0 Å². The van der Waals surface area contributed by atoms with Gasteiger partial charge in [-0.2, -0.15) is 10.2 Å². The Morgan fingerprint density at radius 2 is 1.88 bits per heavy atom. The summed E-state index contributed by atoms with van der Waals surface area (Å²) in [4.78, 5) is 0. The molecular weight excluding hydrogens is 214 g/mol. The molecule has 88 valence electrons. The van der Waals surface area contributed by atoms with Gasteiger partial charge in [-0.3, -0.25) is 0 Å². The van der Waals surface area contributed by atoms with Crippen molar-refractivity contribution in [1.82, 2.24) is 10.2 Å². The smallest absolute Gasteiger partial charge is 0.119 e. The Balaban J connectivity index is 2.17. The van der Waals surface area contributed by atoms with E-state index >= 15 is 0 Å². The molecule has 0 bridgehead atoms. The van der Waals surface area contributed by atoms with Crippen molar-refractivity contribution in [3.63, 3.8) is 0 Å². The zero-order valence-corrected chi connectivity index (χ0v) is 9.71. The lowest BCUT2D eigenvalue weighted by Gasteiger charge is -2.12. The number of benzene rings is 1. The predicted octanol–water partition coefficient (Wildman–Crippen LogP) is 1.92. The molecule has 0 aliphatic heterocycles. The van der Waals surface area contributed by atoms with Crippen LogP contribution in [0, 0.1) is 0 Å². The minimum atomic E-state index is -0.179. The summed E-state index contributed by atoms with van der Waals surface area (Å²) in [6, 6.07) is 9.47. The van der Waals surface area contributed by atoms with Gasteiger partial charge in [0, 0.05) is 6.20 Å². The van der Waals surface area contributed by atoms with E-state index < -0.39 is 0 Å². The molecule has 0 saturated carbocycles. The Bertz CT molecular complexity index is 456. The summed E-state index contributed by atoms with van der Waals surface area (Å²) in [5, 5.41) is 7.56. The molecule has 17 heavy (non-hydrogen) atoms. The van der Waals surface area contributed by atoms with Crippen molar-refractivity contribution in [2.45, 2.75) is 13.0 Å². The van der Waals surface area contributed by atoms with E-state index in [4.69, 9.17) is 10.5 Å². The van der Waals surface area contributed by atoms with Gasteiger partial charge < -0.3 is 10.5 Å². The maximum Gasteiger partial charge on any atom is 0.119 e. The highest BCUT2D eigenvalue weighted by atomic mass is 16.5. The van der Waals surface area contributed by atoms with Crippen LogP contribution in [-0.2, 0) is 0 Å². The summed E-state index contributed by atoms with van der Waals surface area (Å²) in [5.41, 5.74) is 8.11. The highest BCUT2D eigenvalue weighted by Crippen LogP contribution is 2.21. The largest absolute Gasteiger partial charge is 0.494 e. The molecule has 1 atom stereocenters. The molecule has 1 aromatic carbocycles. The third-order valence-electron chi connectivity index (χ3n) is 2.52. The summed E-state index contributed by atoms with van der Waals surface area (Å²) in [6.45, 7) is 2.63. The molecule has 1 heterocycles. The zero-order chi connectivity index (χ0) is 12.1. The van der Waals surface area contributed by atoms with Gasteiger partial charge >= 0.3 is 0 Å². The van der Waals surface area contributed by atoms with Crippen LogP contribution < -0.4 is 10.5 Å². The Morgan fingerprint density at radius 3 is 2.47 bits per heavy atom. The van der Waals surface area contributed by atoms with Crippen LogP contribution in [0.15, 0.2) is 42.7 Å². The number of rotatable bonds is 4. The highest BCUT2D eigenvalue weighted by Gasteiger charge is 2.08. The van der Waals surface area contributed by atoms with Crippen LogP contribution in [0.4, 0.5) is 0 Å². The first-order chi connectivity index (χ1) is 8.31. The second-order valence-corrected chi connectivity index (χ2v) is 3.66. The highest BCUT2D eigenvalue weighted by molar-refractivity contribution is 5.33. The van der Waals surface area contributed by atoms with Gasteiger partial charge in [-0.15, -0.1) is 0 Å². The van der Waals surface area contributed by atoms with E-state index in [0.717, 1.165) is 16.9 Å². The second-order valence-electron chi connectivity index (χ2n) is 3.66. The molecule has 0 spiro atoms.